The summed E-state index contributed by atoms with van der Waals surface area (Å²) in [6.07, 6.45) is 7.82. The highest BCUT2D eigenvalue weighted by Gasteiger charge is 2.58. The second-order valence-electron chi connectivity index (χ2n) is 11.8. The number of fused-ring (bicyclic) bond motifs is 2. The van der Waals surface area contributed by atoms with Crippen LogP contribution >= 0.6 is 0 Å². The molecule has 2 bridgehead atoms. The number of likely N-dealkylation sites (tertiary alicyclic amines) is 2. The van der Waals surface area contributed by atoms with Crippen molar-refractivity contribution in [3.63, 3.8) is 0 Å². The Labute approximate surface area is 183 Å². The number of halogens is 1. The van der Waals surface area contributed by atoms with Crippen LogP contribution in [-0.4, -0.2) is 77.6 Å². The molecule has 3 saturated heterocycles. The zero-order valence-electron chi connectivity index (χ0n) is 19.8. The molecule has 0 aromatic rings. The molecule has 4 rings (SSSR count). The summed E-state index contributed by atoms with van der Waals surface area (Å²) in [7, 11) is 0. The fraction of sp³-hybridized carbons (Fsp3) is 0.960. The number of hydrogen-bond acceptors (Lipinski definition) is 3. The number of amides is 1. The lowest BCUT2D eigenvalue weighted by molar-refractivity contribution is -0.144. The van der Waals surface area contributed by atoms with Gasteiger partial charge in [-0.25, -0.2) is 4.39 Å². The van der Waals surface area contributed by atoms with Gasteiger partial charge in [0, 0.05) is 57.8 Å². The highest BCUT2D eigenvalue weighted by molar-refractivity contribution is 5.76. The predicted molar refractivity (Wildman–Crippen MR) is 120 cm³/mol. The van der Waals surface area contributed by atoms with Crippen molar-refractivity contribution in [1.82, 2.24) is 14.7 Å². The molecule has 0 aromatic heterocycles. The summed E-state index contributed by atoms with van der Waals surface area (Å²) in [5.74, 6) is 1.46. The smallest absolute Gasteiger partial charge is 0.222 e. The Kier molecular flexibility index (Phi) is 6.52. The van der Waals surface area contributed by atoms with E-state index in [2.05, 4.69) is 37.5 Å². The van der Waals surface area contributed by atoms with Crippen molar-refractivity contribution in [3.8, 4) is 0 Å². The summed E-state index contributed by atoms with van der Waals surface area (Å²) in [5.41, 5.74) is -0.829. The number of hydrogen-bond donors (Lipinski definition) is 0. The number of piperidine rings is 1. The molecule has 4 aliphatic rings. The van der Waals surface area contributed by atoms with Gasteiger partial charge in [0.05, 0.1) is 0 Å². The monoisotopic (exact) mass is 421 g/mol. The number of piperazine rings is 1. The van der Waals surface area contributed by atoms with Crippen molar-refractivity contribution in [2.24, 2.45) is 17.3 Å². The maximum atomic E-state index is 15.7. The Morgan fingerprint density at radius 1 is 1.07 bits per heavy atom. The van der Waals surface area contributed by atoms with Crippen molar-refractivity contribution in [1.29, 1.82) is 0 Å². The maximum absolute atomic E-state index is 15.7. The lowest BCUT2D eigenvalue weighted by atomic mass is 9.55. The van der Waals surface area contributed by atoms with Crippen LogP contribution in [0.25, 0.3) is 0 Å². The van der Waals surface area contributed by atoms with Crippen molar-refractivity contribution < 1.29 is 9.18 Å². The molecule has 3 atom stereocenters. The van der Waals surface area contributed by atoms with E-state index in [4.69, 9.17) is 0 Å². The molecule has 1 saturated carbocycles. The summed E-state index contributed by atoms with van der Waals surface area (Å²) in [4.78, 5) is 19.6. The minimum Gasteiger partial charge on any atom is -0.343 e. The van der Waals surface area contributed by atoms with E-state index < -0.39 is 5.67 Å². The Morgan fingerprint density at radius 3 is 2.20 bits per heavy atom. The molecule has 172 valence electrons. The van der Waals surface area contributed by atoms with Gasteiger partial charge in [0.1, 0.15) is 5.67 Å². The first-order valence-electron chi connectivity index (χ1n) is 12.7. The molecular weight excluding hydrogens is 377 g/mol. The minimum absolute atomic E-state index is 0.167. The third-order valence-electron chi connectivity index (χ3n) is 8.59. The van der Waals surface area contributed by atoms with Gasteiger partial charge in [-0.1, -0.05) is 34.1 Å². The first kappa shape index (κ1) is 22.5. The van der Waals surface area contributed by atoms with Crippen molar-refractivity contribution in [2.45, 2.75) is 96.8 Å². The van der Waals surface area contributed by atoms with E-state index in [9.17, 15) is 4.79 Å². The molecule has 1 spiro atoms. The van der Waals surface area contributed by atoms with Crippen LogP contribution in [0.2, 0.25) is 0 Å². The van der Waals surface area contributed by atoms with Gasteiger partial charge < -0.3 is 4.90 Å². The van der Waals surface area contributed by atoms with Gasteiger partial charge in [-0.3, -0.25) is 14.6 Å². The maximum Gasteiger partial charge on any atom is 0.222 e. The molecule has 0 aromatic carbocycles. The molecule has 4 nitrogen and oxygen atoms in total. The van der Waals surface area contributed by atoms with E-state index in [1.807, 2.05) is 4.90 Å². The lowest BCUT2D eigenvalue weighted by Gasteiger charge is -2.57. The molecule has 1 aliphatic carbocycles. The highest BCUT2D eigenvalue weighted by atomic mass is 19.1. The largest absolute Gasteiger partial charge is 0.343 e. The fourth-order valence-electron chi connectivity index (χ4n) is 6.85. The standard InChI is InChI=1S/C25H44FN3O/c1-5-20(4)13-27-14-21-6-7-22(15-27)29(21)18-25(26)16-24(17-25)8-10-28(11-9-24)23(30)12-19(2)3/h19-22H,5-18H2,1-4H3. The molecular formula is C25H44FN3O. The van der Waals surface area contributed by atoms with Crippen LogP contribution in [0.5, 0.6) is 0 Å². The van der Waals surface area contributed by atoms with Gasteiger partial charge >= 0.3 is 0 Å². The van der Waals surface area contributed by atoms with Crippen LogP contribution in [0.15, 0.2) is 0 Å². The average molecular weight is 422 g/mol. The summed E-state index contributed by atoms with van der Waals surface area (Å²) >= 11 is 0. The van der Waals surface area contributed by atoms with E-state index in [0.717, 1.165) is 57.8 Å². The Hall–Kier alpha value is -0.680. The zero-order chi connectivity index (χ0) is 21.5. The summed E-state index contributed by atoms with van der Waals surface area (Å²) in [5, 5.41) is 0. The van der Waals surface area contributed by atoms with Crippen LogP contribution in [0, 0.1) is 17.3 Å². The van der Waals surface area contributed by atoms with Gasteiger partial charge in [-0.2, -0.15) is 0 Å². The molecule has 3 heterocycles. The third kappa shape index (κ3) is 4.72. The zero-order valence-corrected chi connectivity index (χ0v) is 19.8. The average Bonchev–Trinajstić information content (AvgIpc) is 2.88. The van der Waals surface area contributed by atoms with Crippen LogP contribution in [0.3, 0.4) is 0 Å². The predicted octanol–water partition coefficient (Wildman–Crippen LogP) is 4.34. The lowest BCUT2D eigenvalue weighted by Crippen LogP contribution is -2.63. The molecule has 1 amide bonds. The van der Waals surface area contributed by atoms with Crippen LogP contribution < -0.4 is 0 Å². The summed E-state index contributed by atoms with van der Waals surface area (Å²) in [6, 6.07) is 1.12. The van der Waals surface area contributed by atoms with Gasteiger partial charge in [-0.05, 0) is 55.8 Å². The molecule has 5 heteroatoms. The molecule has 3 unspecified atom stereocenters. The summed E-state index contributed by atoms with van der Waals surface area (Å²) < 4.78 is 15.7. The number of rotatable bonds is 7. The van der Waals surface area contributed by atoms with Crippen molar-refractivity contribution >= 4 is 5.91 Å². The fourth-order valence-corrected chi connectivity index (χ4v) is 6.85. The van der Waals surface area contributed by atoms with E-state index in [1.165, 1.54) is 25.8 Å². The van der Waals surface area contributed by atoms with Crippen LogP contribution in [-0.2, 0) is 4.79 Å². The SMILES string of the molecule is CCC(C)CN1CC2CCC(C1)N2CC1(F)CC2(CCN(C(=O)CC(C)C)CC2)C1. The Morgan fingerprint density at radius 2 is 1.67 bits per heavy atom. The molecule has 0 N–H and O–H groups in total. The first-order chi connectivity index (χ1) is 14.2. The van der Waals surface area contributed by atoms with Crippen molar-refractivity contribution in [2.75, 3.05) is 39.3 Å². The number of alkyl halides is 1. The Bertz CT molecular complexity index is 594. The van der Waals surface area contributed by atoms with Crippen molar-refractivity contribution in [3.05, 3.63) is 0 Å². The van der Waals surface area contributed by atoms with Crippen LogP contribution in [0.4, 0.5) is 4.39 Å². The van der Waals surface area contributed by atoms with E-state index in [-0.39, 0.29) is 11.3 Å². The van der Waals surface area contributed by atoms with Crippen LogP contribution in [0.1, 0.15) is 79.1 Å². The third-order valence-corrected chi connectivity index (χ3v) is 8.59. The quantitative estimate of drug-likeness (QED) is 0.612. The van der Waals surface area contributed by atoms with Gasteiger partial charge in [-0.15, -0.1) is 0 Å². The Balaban J connectivity index is 1.25. The number of carbonyl (C=O) groups excluding carboxylic acids is 1. The van der Waals surface area contributed by atoms with Gasteiger partial charge in [0.15, 0.2) is 0 Å². The van der Waals surface area contributed by atoms with E-state index in [1.54, 1.807) is 0 Å². The van der Waals surface area contributed by atoms with E-state index >= 15 is 4.39 Å². The van der Waals surface area contributed by atoms with Gasteiger partial charge in [0.25, 0.3) is 0 Å². The second kappa shape index (κ2) is 8.69. The first-order valence-corrected chi connectivity index (χ1v) is 12.7. The number of nitrogens with zero attached hydrogens (tertiary/aromatic N) is 3. The molecule has 0 radical (unpaired) electrons. The second-order valence-corrected chi connectivity index (χ2v) is 11.8. The minimum atomic E-state index is -0.996. The molecule has 30 heavy (non-hydrogen) atoms. The molecule has 4 fully saturated rings. The highest BCUT2D eigenvalue weighted by Crippen LogP contribution is 2.57. The van der Waals surface area contributed by atoms with E-state index in [0.29, 0.717) is 31.0 Å². The molecule has 3 aliphatic heterocycles. The number of carbonyl (C=O) groups is 1. The van der Waals surface area contributed by atoms with Gasteiger partial charge in [0.2, 0.25) is 5.91 Å². The topological polar surface area (TPSA) is 26.8 Å². The normalized spacial score (nSPS) is 31.9. The summed E-state index contributed by atoms with van der Waals surface area (Å²) in [6.45, 7) is 14.6.